The van der Waals surface area contributed by atoms with Crippen LogP contribution >= 0.6 is 11.8 Å². The Balaban J connectivity index is 1.74. The van der Waals surface area contributed by atoms with Gasteiger partial charge in [0.15, 0.2) is 5.78 Å². The van der Waals surface area contributed by atoms with Crippen molar-refractivity contribution in [1.82, 2.24) is 0 Å². The molecule has 2 aromatic carbocycles. The Kier molecular flexibility index (Phi) is 5.16. The van der Waals surface area contributed by atoms with Gasteiger partial charge < -0.3 is 4.90 Å². The molecular weight excluding hydrogens is 318 g/mol. The summed E-state index contributed by atoms with van der Waals surface area (Å²) in [5.41, 5.74) is 2.40. The lowest BCUT2D eigenvalue weighted by Gasteiger charge is -2.16. The maximum Gasteiger partial charge on any atom is 0.227 e. The molecule has 0 N–H and O–H groups in total. The van der Waals surface area contributed by atoms with Crippen molar-refractivity contribution in [1.29, 1.82) is 0 Å². The number of anilines is 1. The molecule has 1 fully saturated rings. The molecule has 0 aromatic heterocycles. The third-order valence-corrected chi connectivity index (χ3v) is 4.80. The molecular formula is C20H19NO2S. The van der Waals surface area contributed by atoms with Crippen molar-refractivity contribution in [3.8, 4) is 0 Å². The van der Waals surface area contributed by atoms with Crippen LogP contribution in [0.4, 0.5) is 5.69 Å². The average molecular weight is 337 g/mol. The standard InChI is InChI=1S/C20H19NO2S/c1-24-18-10-7-15(8-11-18)9-12-19(22)16-4-2-5-17(14-16)21-13-3-6-20(21)23/h2,4-5,7-12,14H,3,6,13H2,1H3/b12-9+. The van der Waals surface area contributed by atoms with E-state index in [0.29, 0.717) is 12.0 Å². The molecule has 0 atom stereocenters. The number of hydrogen-bond acceptors (Lipinski definition) is 3. The Bertz CT molecular complexity index is 780. The zero-order chi connectivity index (χ0) is 16.9. The third-order valence-electron chi connectivity index (χ3n) is 4.06. The summed E-state index contributed by atoms with van der Waals surface area (Å²) in [4.78, 5) is 27.2. The van der Waals surface area contributed by atoms with Gasteiger partial charge in [-0.15, -0.1) is 11.8 Å². The summed E-state index contributed by atoms with van der Waals surface area (Å²) in [7, 11) is 0. The molecule has 0 aliphatic carbocycles. The van der Waals surface area contributed by atoms with E-state index in [1.807, 2.05) is 48.7 Å². The van der Waals surface area contributed by atoms with E-state index >= 15 is 0 Å². The molecule has 3 rings (SSSR count). The van der Waals surface area contributed by atoms with E-state index < -0.39 is 0 Å². The lowest BCUT2D eigenvalue weighted by Crippen LogP contribution is -2.23. The van der Waals surface area contributed by atoms with Gasteiger partial charge in [0.2, 0.25) is 5.91 Å². The van der Waals surface area contributed by atoms with Crippen molar-refractivity contribution in [2.75, 3.05) is 17.7 Å². The topological polar surface area (TPSA) is 37.4 Å². The number of thioether (sulfide) groups is 1. The van der Waals surface area contributed by atoms with Crippen LogP contribution in [0.2, 0.25) is 0 Å². The molecule has 122 valence electrons. The smallest absolute Gasteiger partial charge is 0.227 e. The minimum atomic E-state index is -0.0579. The first-order valence-electron chi connectivity index (χ1n) is 7.94. The summed E-state index contributed by atoms with van der Waals surface area (Å²) < 4.78 is 0. The highest BCUT2D eigenvalue weighted by Gasteiger charge is 2.21. The molecule has 0 saturated carbocycles. The Morgan fingerprint density at radius 2 is 1.96 bits per heavy atom. The van der Waals surface area contributed by atoms with Crippen molar-refractivity contribution in [2.45, 2.75) is 17.7 Å². The fourth-order valence-corrected chi connectivity index (χ4v) is 3.14. The Morgan fingerprint density at radius 1 is 1.17 bits per heavy atom. The van der Waals surface area contributed by atoms with Crippen LogP contribution in [0.15, 0.2) is 59.5 Å². The van der Waals surface area contributed by atoms with Gasteiger partial charge in [-0.2, -0.15) is 0 Å². The van der Waals surface area contributed by atoms with Gasteiger partial charge in [-0.05, 0) is 48.6 Å². The van der Waals surface area contributed by atoms with Crippen LogP contribution in [-0.2, 0) is 4.79 Å². The fraction of sp³-hybridized carbons (Fsp3) is 0.200. The second-order valence-corrected chi connectivity index (χ2v) is 6.55. The molecule has 24 heavy (non-hydrogen) atoms. The molecule has 0 unspecified atom stereocenters. The van der Waals surface area contributed by atoms with Crippen molar-refractivity contribution >= 4 is 35.2 Å². The predicted octanol–water partition coefficient (Wildman–Crippen LogP) is 4.43. The van der Waals surface area contributed by atoms with Gasteiger partial charge in [-0.25, -0.2) is 0 Å². The van der Waals surface area contributed by atoms with Gasteiger partial charge in [-0.1, -0.05) is 30.3 Å². The summed E-state index contributed by atoms with van der Waals surface area (Å²) in [6.07, 6.45) is 6.90. The van der Waals surface area contributed by atoms with Crippen molar-refractivity contribution in [3.63, 3.8) is 0 Å². The monoisotopic (exact) mass is 337 g/mol. The first kappa shape index (κ1) is 16.5. The van der Waals surface area contributed by atoms with Crippen LogP contribution in [0.1, 0.15) is 28.8 Å². The molecule has 0 radical (unpaired) electrons. The van der Waals surface area contributed by atoms with E-state index in [-0.39, 0.29) is 11.7 Å². The highest BCUT2D eigenvalue weighted by atomic mass is 32.2. The first-order valence-corrected chi connectivity index (χ1v) is 9.17. The Morgan fingerprint density at radius 3 is 2.62 bits per heavy atom. The highest BCUT2D eigenvalue weighted by Crippen LogP contribution is 2.23. The second kappa shape index (κ2) is 7.49. The number of ketones is 1. The van der Waals surface area contributed by atoms with Crippen LogP contribution in [0.25, 0.3) is 6.08 Å². The van der Waals surface area contributed by atoms with Crippen LogP contribution in [-0.4, -0.2) is 24.5 Å². The van der Waals surface area contributed by atoms with E-state index in [2.05, 4.69) is 0 Å². The maximum atomic E-state index is 12.4. The first-order chi connectivity index (χ1) is 11.7. The number of carbonyl (C=O) groups excluding carboxylic acids is 2. The minimum Gasteiger partial charge on any atom is -0.312 e. The van der Waals surface area contributed by atoms with Crippen LogP contribution in [0, 0.1) is 0 Å². The van der Waals surface area contributed by atoms with Crippen LogP contribution in [0.5, 0.6) is 0 Å². The van der Waals surface area contributed by atoms with Gasteiger partial charge in [0.1, 0.15) is 0 Å². The molecule has 1 aliphatic heterocycles. The van der Waals surface area contributed by atoms with Crippen LogP contribution < -0.4 is 4.90 Å². The molecule has 0 bridgehead atoms. The van der Waals surface area contributed by atoms with E-state index in [4.69, 9.17) is 0 Å². The fourth-order valence-electron chi connectivity index (χ4n) is 2.73. The summed E-state index contributed by atoms with van der Waals surface area (Å²) in [6.45, 7) is 0.730. The van der Waals surface area contributed by atoms with Gasteiger partial charge in [0.25, 0.3) is 0 Å². The summed E-state index contributed by atoms with van der Waals surface area (Å²) in [5, 5.41) is 0. The van der Waals surface area contributed by atoms with E-state index in [0.717, 1.165) is 24.2 Å². The zero-order valence-corrected chi connectivity index (χ0v) is 14.4. The number of nitrogens with zero attached hydrogens (tertiary/aromatic N) is 1. The number of carbonyl (C=O) groups is 2. The molecule has 4 heteroatoms. The molecule has 2 aromatic rings. The number of rotatable bonds is 5. The largest absolute Gasteiger partial charge is 0.312 e. The number of allylic oxidation sites excluding steroid dienone is 1. The van der Waals surface area contributed by atoms with E-state index in [1.54, 1.807) is 34.9 Å². The van der Waals surface area contributed by atoms with Crippen molar-refractivity contribution in [2.24, 2.45) is 0 Å². The quantitative estimate of drug-likeness (QED) is 0.460. The normalized spacial score (nSPS) is 14.5. The third kappa shape index (κ3) is 3.77. The van der Waals surface area contributed by atoms with Gasteiger partial charge in [0.05, 0.1) is 0 Å². The Labute approximate surface area is 146 Å². The molecule has 1 saturated heterocycles. The van der Waals surface area contributed by atoms with Crippen LogP contribution in [0.3, 0.4) is 0 Å². The average Bonchev–Trinajstić information content (AvgIpc) is 3.06. The Hall–Kier alpha value is -2.33. The lowest BCUT2D eigenvalue weighted by molar-refractivity contribution is -0.117. The SMILES string of the molecule is CSc1ccc(/C=C/C(=O)c2cccc(N3CCCC3=O)c2)cc1. The maximum absolute atomic E-state index is 12.4. The number of amides is 1. The van der Waals surface area contributed by atoms with Gasteiger partial charge in [-0.3, -0.25) is 9.59 Å². The predicted molar refractivity (Wildman–Crippen MR) is 99.6 cm³/mol. The van der Waals surface area contributed by atoms with Gasteiger partial charge in [0, 0.05) is 29.1 Å². The number of benzene rings is 2. The minimum absolute atomic E-state index is 0.0579. The molecule has 0 spiro atoms. The molecule has 1 amide bonds. The van der Waals surface area contributed by atoms with E-state index in [9.17, 15) is 9.59 Å². The lowest BCUT2D eigenvalue weighted by atomic mass is 10.1. The summed E-state index contributed by atoms with van der Waals surface area (Å²) in [5.74, 6) is 0.0708. The zero-order valence-electron chi connectivity index (χ0n) is 13.6. The molecule has 1 aliphatic rings. The summed E-state index contributed by atoms with van der Waals surface area (Å²) in [6, 6.07) is 15.4. The van der Waals surface area contributed by atoms with Crippen molar-refractivity contribution in [3.05, 3.63) is 65.7 Å². The van der Waals surface area contributed by atoms with Crippen molar-refractivity contribution < 1.29 is 9.59 Å². The molecule has 1 heterocycles. The number of hydrogen-bond donors (Lipinski definition) is 0. The van der Waals surface area contributed by atoms with Gasteiger partial charge >= 0.3 is 0 Å². The van der Waals surface area contributed by atoms with E-state index in [1.165, 1.54) is 4.90 Å². The molecule has 3 nitrogen and oxygen atoms in total. The summed E-state index contributed by atoms with van der Waals surface area (Å²) >= 11 is 1.69. The second-order valence-electron chi connectivity index (χ2n) is 5.67. The highest BCUT2D eigenvalue weighted by molar-refractivity contribution is 7.98.